The second-order valence-electron chi connectivity index (χ2n) is 7.52. The van der Waals surface area contributed by atoms with Gasteiger partial charge < -0.3 is 19.9 Å². The molecular formula is C22H27ClN4O2+2. The number of quaternary nitrogens is 2. The van der Waals surface area contributed by atoms with Crippen LogP contribution in [-0.2, 0) is 11.3 Å². The van der Waals surface area contributed by atoms with Crippen LogP contribution in [0.3, 0.4) is 0 Å². The molecule has 0 aromatic heterocycles. The molecule has 0 atom stereocenters. The van der Waals surface area contributed by atoms with E-state index in [4.69, 9.17) is 16.3 Å². The highest BCUT2D eigenvalue weighted by atomic mass is 35.5. The highest BCUT2D eigenvalue weighted by Gasteiger charge is 2.26. The average molecular weight is 415 g/mol. The predicted octanol–water partition coefficient (Wildman–Crippen LogP) is 0.451. The number of aryl methyl sites for hydroxylation is 1. The second kappa shape index (κ2) is 9.75. The Morgan fingerprint density at radius 2 is 1.90 bits per heavy atom. The first kappa shape index (κ1) is 21.1. The van der Waals surface area contributed by atoms with E-state index in [1.807, 2.05) is 6.07 Å². The van der Waals surface area contributed by atoms with E-state index in [0.717, 1.165) is 38.5 Å². The van der Waals surface area contributed by atoms with E-state index < -0.39 is 0 Å². The quantitative estimate of drug-likeness (QED) is 0.642. The summed E-state index contributed by atoms with van der Waals surface area (Å²) in [5, 5.41) is 12.5. The number of carbonyl (C=O) groups excluding carboxylic acids is 1. The molecule has 0 aliphatic carbocycles. The van der Waals surface area contributed by atoms with Gasteiger partial charge in [0, 0.05) is 10.6 Å². The van der Waals surface area contributed by atoms with Crippen LogP contribution in [0.2, 0.25) is 5.02 Å². The summed E-state index contributed by atoms with van der Waals surface area (Å²) in [5.41, 5.74) is 3.35. The Kier molecular flexibility index (Phi) is 7.10. The molecule has 2 aromatic carbocycles. The van der Waals surface area contributed by atoms with Crippen molar-refractivity contribution in [2.45, 2.75) is 13.5 Å². The maximum absolute atomic E-state index is 12.4. The molecule has 1 aliphatic rings. The number of benzene rings is 2. The van der Waals surface area contributed by atoms with Crippen molar-refractivity contribution in [1.29, 1.82) is 5.26 Å². The van der Waals surface area contributed by atoms with Crippen molar-refractivity contribution in [1.82, 2.24) is 0 Å². The predicted molar refractivity (Wildman–Crippen MR) is 112 cm³/mol. The lowest BCUT2D eigenvalue weighted by atomic mass is 10.1. The number of carbonyl (C=O) groups is 1. The van der Waals surface area contributed by atoms with Gasteiger partial charge in [-0.3, -0.25) is 4.79 Å². The Bertz CT molecular complexity index is 918. The van der Waals surface area contributed by atoms with Gasteiger partial charge in [0.1, 0.15) is 44.5 Å². The van der Waals surface area contributed by atoms with Gasteiger partial charge in [0.15, 0.2) is 6.54 Å². The van der Waals surface area contributed by atoms with Crippen LogP contribution in [0.25, 0.3) is 0 Å². The summed E-state index contributed by atoms with van der Waals surface area (Å²) in [4.78, 5) is 15.2. The number of anilines is 1. The molecule has 0 spiro atoms. The van der Waals surface area contributed by atoms with Crippen molar-refractivity contribution < 1.29 is 19.3 Å². The molecule has 2 aromatic rings. The van der Waals surface area contributed by atoms with Gasteiger partial charge in [0.25, 0.3) is 5.91 Å². The smallest absolute Gasteiger partial charge is 0.279 e. The van der Waals surface area contributed by atoms with E-state index in [2.05, 4.69) is 30.4 Å². The zero-order valence-corrected chi connectivity index (χ0v) is 17.6. The number of ether oxygens (including phenoxy) is 1. The molecule has 7 heteroatoms. The van der Waals surface area contributed by atoms with Crippen molar-refractivity contribution in [2.75, 3.05) is 45.2 Å². The van der Waals surface area contributed by atoms with Crippen LogP contribution in [0.5, 0.6) is 5.75 Å². The third-order valence-corrected chi connectivity index (χ3v) is 5.56. The minimum Gasteiger partial charge on any atom is -0.496 e. The Hall–Kier alpha value is -2.59. The summed E-state index contributed by atoms with van der Waals surface area (Å²) in [7, 11) is 1.71. The number of nitrogens with one attached hydrogen (secondary N) is 3. The lowest BCUT2D eigenvalue weighted by Gasteiger charge is -2.29. The van der Waals surface area contributed by atoms with Crippen LogP contribution in [0.4, 0.5) is 5.69 Å². The summed E-state index contributed by atoms with van der Waals surface area (Å²) in [6, 6.07) is 13.2. The highest BCUT2D eigenvalue weighted by molar-refractivity contribution is 6.31. The molecule has 3 N–H and O–H groups in total. The van der Waals surface area contributed by atoms with Crippen molar-refractivity contribution in [3.8, 4) is 11.8 Å². The summed E-state index contributed by atoms with van der Waals surface area (Å²) < 4.78 is 5.50. The molecule has 3 rings (SSSR count). The number of halogens is 1. The number of hydrogen-bond acceptors (Lipinski definition) is 3. The van der Waals surface area contributed by atoms with Gasteiger partial charge in [-0.05, 0) is 37.3 Å². The standard InChI is InChI=1S/C22H25ClN4O2/c1-16-3-6-21(29-2)18(11-16)14-26-7-9-27(10-8-26)15-22(28)25-20-12-19(23)5-4-17(20)13-24/h3-6,11-12H,7-10,14-15H2,1-2H3,(H,25,28)/p+2. The lowest BCUT2D eigenvalue weighted by molar-refractivity contribution is -1.02. The van der Waals surface area contributed by atoms with Crippen LogP contribution < -0.4 is 19.9 Å². The fourth-order valence-electron chi connectivity index (χ4n) is 3.76. The normalized spacial score (nSPS) is 18.7. The number of amides is 1. The van der Waals surface area contributed by atoms with Crippen LogP contribution in [-0.4, -0.2) is 45.7 Å². The molecule has 0 radical (unpaired) electrons. The van der Waals surface area contributed by atoms with E-state index in [1.165, 1.54) is 20.9 Å². The van der Waals surface area contributed by atoms with Gasteiger partial charge in [-0.25, -0.2) is 0 Å². The van der Waals surface area contributed by atoms with Crippen LogP contribution in [0, 0.1) is 18.3 Å². The third-order valence-electron chi connectivity index (χ3n) is 5.33. The summed E-state index contributed by atoms with van der Waals surface area (Å²) >= 11 is 5.99. The van der Waals surface area contributed by atoms with Crippen molar-refractivity contribution in [2.24, 2.45) is 0 Å². The largest absolute Gasteiger partial charge is 0.496 e. The molecule has 0 bridgehead atoms. The second-order valence-corrected chi connectivity index (χ2v) is 7.96. The van der Waals surface area contributed by atoms with Crippen molar-refractivity contribution >= 4 is 23.2 Å². The first-order valence-corrected chi connectivity index (χ1v) is 10.2. The molecule has 1 amide bonds. The number of hydrogen-bond donors (Lipinski definition) is 3. The monoisotopic (exact) mass is 414 g/mol. The lowest BCUT2D eigenvalue weighted by Crippen LogP contribution is -3.28. The Morgan fingerprint density at radius 3 is 2.59 bits per heavy atom. The van der Waals surface area contributed by atoms with E-state index in [9.17, 15) is 10.1 Å². The zero-order valence-electron chi connectivity index (χ0n) is 16.8. The van der Waals surface area contributed by atoms with Gasteiger partial charge >= 0.3 is 0 Å². The highest BCUT2D eigenvalue weighted by Crippen LogP contribution is 2.20. The zero-order chi connectivity index (χ0) is 20.8. The van der Waals surface area contributed by atoms with Gasteiger partial charge in [-0.2, -0.15) is 5.26 Å². The molecule has 6 nitrogen and oxygen atoms in total. The first-order valence-electron chi connectivity index (χ1n) is 9.78. The SMILES string of the molecule is COc1ccc(C)cc1C[NH+]1CC[NH+](CC(=O)Nc2cc(Cl)ccc2C#N)CC1. The molecule has 1 aliphatic heterocycles. The fourth-order valence-corrected chi connectivity index (χ4v) is 3.94. The van der Waals surface area contributed by atoms with Gasteiger partial charge in [0.2, 0.25) is 0 Å². The van der Waals surface area contributed by atoms with Gasteiger partial charge in [-0.15, -0.1) is 0 Å². The number of piperazine rings is 1. The molecule has 29 heavy (non-hydrogen) atoms. The maximum atomic E-state index is 12.4. The third kappa shape index (κ3) is 5.70. The summed E-state index contributed by atoms with van der Waals surface area (Å²) in [5.74, 6) is 0.842. The van der Waals surface area contributed by atoms with Crippen LogP contribution in [0.15, 0.2) is 36.4 Å². The van der Waals surface area contributed by atoms with Crippen LogP contribution in [0.1, 0.15) is 16.7 Å². The number of nitriles is 1. The molecular weight excluding hydrogens is 388 g/mol. The molecule has 1 fully saturated rings. The Labute approximate surface area is 176 Å². The van der Waals surface area contributed by atoms with Gasteiger partial charge in [-0.1, -0.05) is 23.2 Å². The Morgan fingerprint density at radius 1 is 1.17 bits per heavy atom. The topological polar surface area (TPSA) is 71.0 Å². The average Bonchev–Trinajstić information content (AvgIpc) is 2.70. The molecule has 0 unspecified atom stereocenters. The molecule has 1 heterocycles. The summed E-state index contributed by atoms with van der Waals surface area (Å²) in [6.07, 6.45) is 0. The molecule has 1 saturated heterocycles. The minimum atomic E-state index is -0.0948. The van der Waals surface area contributed by atoms with E-state index in [1.54, 1.807) is 25.3 Å². The minimum absolute atomic E-state index is 0.0948. The van der Waals surface area contributed by atoms with Crippen LogP contribution >= 0.6 is 11.6 Å². The van der Waals surface area contributed by atoms with E-state index in [-0.39, 0.29) is 5.91 Å². The number of rotatable bonds is 6. The van der Waals surface area contributed by atoms with E-state index >= 15 is 0 Å². The number of nitrogens with zero attached hydrogens (tertiary/aromatic N) is 1. The molecule has 0 saturated carbocycles. The number of methoxy groups -OCH3 is 1. The first-order chi connectivity index (χ1) is 14.0. The van der Waals surface area contributed by atoms with Gasteiger partial charge in [0.05, 0.1) is 18.4 Å². The molecule has 152 valence electrons. The Balaban J connectivity index is 1.51. The van der Waals surface area contributed by atoms with Crippen molar-refractivity contribution in [3.05, 3.63) is 58.1 Å². The fraction of sp³-hybridized carbons (Fsp3) is 0.364. The maximum Gasteiger partial charge on any atom is 0.279 e. The van der Waals surface area contributed by atoms with Crippen molar-refractivity contribution in [3.63, 3.8) is 0 Å². The van der Waals surface area contributed by atoms with E-state index in [0.29, 0.717) is 22.8 Å². The summed E-state index contributed by atoms with van der Waals surface area (Å²) in [6.45, 7) is 7.27.